The topological polar surface area (TPSA) is 28.2 Å². The maximum atomic E-state index is 6.05. The summed E-state index contributed by atoms with van der Waals surface area (Å²) in [6.45, 7) is 2.98. The van der Waals surface area contributed by atoms with E-state index in [1.54, 1.807) is 6.20 Å². The molecule has 1 aliphatic heterocycles. The average Bonchev–Trinajstić information content (AvgIpc) is 2.95. The first-order valence-electron chi connectivity index (χ1n) is 6.94. The van der Waals surface area contributed by atoms with E-state index in [-0.39, 0.29) is 0 Å². The van der Waals surface area contributed by atoms with Crippen LogP contribution in [0.15, 0.2) is 48.8 Å². The molecule has 1 fully saturated rings. The zero-order valence-corrected chi connectivity index (χ0v) is 12.1. The second-order valence-electron chi connectivity index (χ2n) is 5.15. The van der Waals surface area contributed by atoms with Crippen LogP contribution in [-0.2, 0) is 6.54 Å². The van der Waals surface area contributed by atoms with Crippen molar-refractivity contribution in [2.45, 2.75) is 19.0 Å². The van der Waals surface area contributed by atoms with Crippen molar-refractivity contribution in [1.82, 2.24) is 10.3 Å². The maximum Gasteiger partial charge on any atom is 0.0426 e. The summed E-state index contributed by atoms with van der Waals surface area (Å²) >= 11 is 6.05. The molecule has 2 aromatic rings. The van der Waals surface area contributed by atoms with Crippen molar-refractivity contribution in [3.8, 4) is 0 Å². The molecule has 1 saturated heterocycles. The van der Waals surface area contributed by atoms with E-state index in [4.69, 9.17) is 11.6 Å². The van der Waals surface area contributed by atoms with E-state index < -0.39 is 0 Å². The predicted molar refractivity (Wildman–Crippen MR) is 83.1 cm³/mol. The number of pyridine rings is 1. The number of aromatic nitrogens is 1. The van der Waals surface area contributed by atoms with E-state index in [1.807, 2.05) is 30.5 Å². The van der Waals surface area contributed by atoms with Gasteiger partial charge in [-0.2, -0.15) is 0 Å². The first kappa shape index (κ1) is 13.4. The van der Waals surface area contributed by atoms with Gasteiger partial charge in [0.25, 0.3) is 0 Å². The third-order valence-electron chi connectivity index (χ3n) is 3.68. The van der Waals surface area contributed by atoms with Crippen LogP contribution in [0.3, 0.4) is 0 Å². The first-order chi connectivity index (χ1) is 9.81. The first-order valence-corrected chi connectivity index (χ1v) is 7.32. The molecule has 2 heterocycles. The van der Waals surface area contributed by atoms with Crippen molar-refractivity contribution in [2.75, 3.05) is 18.0 Å². The van der Waals surface area contributed by atoms with Crippen LogP contribution in [0.2, 0.25) is 5.02 Å². The Morgan fingerprint density at radius 3 is 3.05 bits per heavy atom. The summed E-state index contributed by atoms with van der Waals surface area (Å²) < 4.78 is 0. The molecule has 1 N–H and O–H groups in total. The highest BCUT2D eigenvalue weighted by Crippen LogP contribution is 2.23. The summed E-state index contributed by atoms with van der Waals surface area (Å²) in [6.07, 6.45) is 4.88. The minimum atomic E-state index is 0.522. The monoisotopic (exact) mass is 287 g/mol. The number of nitrogens with zero attached hydrogens (tertiary/aromatic N) is 2. The number of benzene rings is 1. The average molecular weight is 288 g/mol. The molecule has 1 aromatic heterocycles. The Kier molecular flexibility index (Phi) is 4.19. The largest absolute Gasteiger partial charge is 0.370 e. The minimum absolute atomic E-state index is 0.522. The smallest absolute Gasteiger partial charge is 0.0426 e. The minimum Gasteiger partial charge on any atom is -0.370 e. The van der Waals surface area contributed by atoms with Crippen LogP contribution in [0, 0.1) is 0 Å². The second-order valence-corrected chi connectivity index (χ2v) is 5.59. The molecule has 0 bridgehead atoms. The zero-order chi connectivity index (χ0) is 13.8. The van der Waals surface area contributed by atoms with E-state index >= 15 is 0 Å². The molecular weight excluding hydrogens is 270 g/mol. The molecule has 1 aromatic carbocycles. The fourth-order valence-electron chi connectivity index (χ4n) is 2.60. The van der Waals surface area contributed by atoms with Gasteiger partial charge in [0.2, 0.25) is 0 Å². The van der Waals surface area contributed by atoms with Gasteiger partial charge in [-0.3, -0.25) is 4.98 Å². The standard InChI is InChI=1S/C16H18ClN3/c17-14-4-1-5-16(9-14)20-8-6-15(12-20)19-11-13-3-2-7-18-10-13/h1-5,7,9-10,15,19H,6,8,11-12H2/t15-/m0/s1. The molecule has 4 heteroatoms. The Balaban J connectivity index is 1.55. The molecule has 3 nitrogen and oxygen atoms in total. The molecule has 0 saturated carbocycles. The zero-order valence-electron chi connectivity index (χ0n) is 11.3. The number of halogens is 1. The normalized spacial score (nSPS) is 18.4. The van der Waals surface area contributed by atoms with Gasteiger partial charge in [-0.15, -0.1) is 0 Å². The molecule has 1 atom stereocenters. The van der Waals surface area contributed by atoms with Crippen LogP contribution in [0.1, 0.15) is 12.0 Å². The molecule has 3 rings (SSSR count). The summed E-state index contributed by atoms with van der Waals surface area (Å²) in [7, 11) is 0. The van der Waals surface area contributed by atoms with Crippen molar-refractivity contribution < 1.29 is 0 Å². The summed E-state index contributed by atoms with van der Waals surface area (Å²) in [5, 5.41) is 4.40. The van der Waals surface area contributed by atoms with Gasteiger partial charge in [-0.05, 0) is 36.2 Å². The van der Waals surface area contributed by atoms with Crippen molar-refractivity contribution in [2.24, 2.45) is 0 Å². The fraction of sp³-hybridized carbons (Fsp3) is 0.312. The van der Waals surface area contributed by atoms with E-state index in [0.717, 1.165) is 31.1 Å². The highest BCUT2D eigenvalue weighted by atomic mass is 35.5. The molecule has 1 aliphatic rings. The lowest BCUT2D eigenvalue weighted by molar-refractivity contribution is 0.551. The Bertz CT molecular complexity index is 559. The quantitative estimate of drug-likeness (QED) is 0.936. The third kappa shape index (κ3) is 3.30. The van der Waals surface area contributed by atoms with Crippen LogP contribution < -0.4 is 10.2 Å². The van der Waals surface area contributed by atoms with Crippen LogP contribution in [-0.4, -0.2) is 24.1 Å². The Hall–Kier alpha value is -1.58. The Labute approximate surface area is 124 Å². The number of nitrogens with one attached hydrogen (secondary N) is 1. The molecule has 104 valence electrons. The highest BCUT2D eigenvalue weighted by Gasteiger charge is 2.22. The number of anilines is 1. The lowest BCUT2D eigenvalue weighted by atomic mass is 10.2. The van der Waals surface area contributed by atoms with Crippen molar-refractivity contribution >= 4 is 17.3 Å². The van der Waals surface area contributed by atoms with E-state index in [9.17, 15) is 0 Å². The van der Waals surface area contributed by atoms with Crippen molar-refractivity contribution in [3.63, 3.8) is 0 Å². The third-order valence-corrected chi connectivity index (χ3v) is 3.91. The molecule has 20 heavy (non-hydrogen) atoms. The molecular formula is C16H18ClN3. The highest BCUT2D eigenvalue weighted by molar-refractivity contribution is 6.30. The predicted octanol–water partition coefficient (Wildman–Crippen LogP) is 3.10. The van der Waals surface area contributed by atoms with E-state index in [0.29, 0.717) is 6.04 Å². The number of hydrogen-bond donors (Lipinski definition) is 1. The second kappa shape index (κ2) is 6.25. The molecule has 0 spiro atoms. The van der Waals surface area contributed by atoms with Gasteiger partial charge < -0.3 is 10.2 Å². The molecule has 0 unspecified atom stereocenters. The van der Waals surface area contributed by atoms with Crippen LogP contribution >= 0.6 is 11.6 Å². The SMILES string of the molecule is Clc1cccc(N2CC[C@H](NCc3cccnc3)C2)c1. The van der Waals surface area contributed by atoms with E-state index in [2.05, 4.69) is 27.3 Å². The summed E-state index contributed by atoms with van der Waals surface area (Å²) in [5.74, 6) is 0. The number of hydrogen-bond acceptors (Lipinski definition) is 3. The van der Waals surface area contributed by atoms with E-state index in [1.165, 1.54) is 11.3 Å². The van der Waals surface area contributed by atoms with Crippen molar-refractivity contribution in [1.29, 1.82) is 0 Å². The Morgan fingerprint density at radius 1 is 1.30 bits per heavy atom. The fourth-order valence-corrected chi connectivity index (χ4v) is 2.78. The summed E-state index contributed by atoms with van der Waals surface area (Å²) in [4.78, 5) is 6.52. The number of rotatable bonds is 4. The molecule has 0 aliphatic carbocycles. The summed E-state index contributed by atoms with van der Waals surface area (Å²) in [6, 6.07) is 12.7. The van der Waals surface area contributed by atoms with Gasteiger partial charge >= 0.3 is 0 Å². The van der Waals surface area contributed by atoms with Gasteiger partial charge in [0, 0.05) is 48.8 Å². The van der Waals surface area contributed by atoms with Crippen LogP contribution in [0.5, 0.6) is 0 Å². The summed E-state index contributed by atoms with van der Waals surface area (Å²) in [5.41, 5.74) is 2.44. The van der Waals surface area contributed by atoms with Crippen molar-refractivity contribution in [3.05, 3.63) is 59.4 Å². The van der Waals surface area contributed by atoms with Crippen LogP contribution in [0.4, 0.5) is 5.69 Å². The maximum absolute atomic E-state index is 6.05. The molecule has 0 amide bonds. The molecule has 0 radical (unpaired) electrons. The van der Waals surface area contributed by atoms with Gasteiger partial charge in [0.1, 0.15) is 0 Å². The Morgan fingerprint density at radius 2 is 2.25 bits per heavy atom. The van der Waals surface area contributed by atoms with Gasteiger partial charge in [0.15, 0.2) is 0 Å². The van der Waals surface area contributed by atoms with Gasteiger partial charge in [-0.25, -0.2) is 0 Å². The van der Waals surface area contributed by atoms with Crippen LogP contribution in [0.25, 0.3) is 0 Å². The lowest BCUT2D eigenvalue weighted by Crippen LogP contribution is -2.32. The lowest BCUT2D eigenvalue weighted by Gasteiger charge is -2.19. The van der Waals surface area contributed by atoms with Gasteiger partial charge in [-0.1, -0.05) is 23.7 Å². The van der Waals surface area contributed by atoms with Gasteiger partial charge in [0.05, 0.1) is 0 Å².